The second kappa shape index (κ2) is 6.26. The maximum absolute atomic E-state index is 12.3. The Balaban J connectivity index is 2.03. The molecule has 0 unspecified atom stereocenters. The number of aromatic hydroxyl groups is 1. The fraction of sp³-hybridized carbons (Fsp3) is 0.500. The molecule has 4 nitrogen and oxygen atoms in total. The number of phenols is 1. The van der Waals surface area contributed by atoms with Gasteiger partial charge in [0.1, 0.15) is 5.75 Å². The molecular formula is C14H19ClN2O2. The second-order valence-corrected chi connectivity index (χ2v) is 5.39. The molecule has 1 aliphatic rings. The lowest BCUT2D eigenvalue weighted by atomic mass is 9.96. The number of halogens is 1. The van der Waals surface area contributed by atoms with Crippen molar-refractivity contribution in [1.82, 2.24) is 10.2 Å². The number of phenolic OH excluding ortho intramolecular Hbond substituents is 1. The van der Waals surface area contributed by atoms with Crippen LogP contribution in [0.1, 0.15) is 23.2 Å². The molecule has 0 aromatic heterocycles. The van der Waals surface area contributed by atoms with E-state index < -0.39 is 0 Å². The van der Waals surface area contributed by atoms with Gasteiger partial charge in [-0.05, 0) is 50.6 Å². The monoisotopic (exact) mass is 282 g/mol. The Bertz CT molecular complexity index is 457. The third kappa shape index (κ3) is 3.39. The number of benzene rings is 1. The normalized spacial score (nSPS) is 16.6. The molecule has 5 heteroatoms. The number of nitrogens with one attached hydrogen (secondary N) is 1. The average molecular weight is 283 g/mol. The van der Waals surface area contributed by atoms with Crippen molar-refractivity contribution in [2.45, 2.75) is 12.8 Å². The summed E-state index contributed by atoms with van der Waals surface area (Å²) in [5, 5.41) is 13.4. The van der Waals surface area contributed by atoms with Gasteiger partial charge in [-0.25, -0.2) is 0 Å². The van der Waals surface area contributed by atoms with Crippen molar-refractivity contribution in [3.8, 4) is 5.75 Å². The number of amides is 1. The van der Waals surface area contributed by atoms with Gasteiger partial charge in [0.25, 0.3) is 5.91 Å². The third-order valence-electron chi connectivity index (χ3n) is 3.58. The van der Waals surface area contributed by atoms with Crippen LogP contribution in [0.5, 0.6) is 5.75 Å². The molecule has 0 bridgehead atoms. The third-order valence-corrected chi connectivity index (χ3v) is 3.82. The van der Waals surface area contributed by atoms with Crippen LogP contribution >= 0.6 is 11.6 Å². The van der Waals surface area contributed by atoms with Crippen molar-refractivity contribution in [1.29, 1.82) is 0 Å². The zero-order chi connectivity index (χ0) is 13.8. The smallest absolute Gasteiger partial charge is 0.257 e. The zero-order valence-corrected chi connectivity index (χ0v) is 11.8. The first-order valence-corrected chi connectivity index (χ1v) is 6.92. The van der Waals surface area contributed by atoms with Gasteiger partial charge in [-0.2, -0.15) is 0 Å². The van der Waals surface area contributed by atoms with Crippen molar-refractivity contribution < 1.29 is 9.90 Å². The Kier molecular flexibility index (Phi) is 4.66. The van der Waals surface area contributed by atoms with Crippen LogP contribution in [0.15, 0.2) is 18.2 Å². The molecule has 1 aromatic carbocycles. The van der Waals surface area contributed by atoms with Gasteiger partial charge < -0.3 is 15.3 Å². The minimum Gasteiger partial charge on any atom is -0.507 e. The maximum Gasteiger partial charge on any atom is 0.257 e. The SMILES string of the molecule is CNCC1CCN(C(=O)c2cc(Cl)ccc2O)CC1. The van der Waals surface area contributed by atoms with Crippen molar-refractivity contribution in [3.05, 3.63) is 28.8 Å². The van der Waals surface area contributed by atoms with Crippen molar-refractivity contribution in [3.63, 3.8) is 0 Å². The van der Waals surface area contributed by atoms with Crippen molar-refractivity contribution in [2.24, 2.45) is 5.92 Å². The summed E-state index contributed by atoms with van der Waals surface area (Å²) in [6.45, 7) is 2.46. The maximum atomic E-state index is 12.3. The minimum atomic E-state index is -0.136. The molecule has 1 aliphatic heterocycles. The summed E-state index contributed by atoms with van der Waals surface area (Å²) < 4.78 is 0. The van der Waals surface area contributed by atoms with Gasteiger partial charge in [0.05, 0.1) is 5.56 Å². The van der Waals surface area contributed by atoms with Gasteiger partial charge in [-0.1, -0.05) is 11.6 Å². The molecule has 2 rings (SSSR count). The Morgan fingerprint density at radius 1 is 1.47 bits per heavy atom. The predicted molar refractivity (Wildman–Crippen MR) is 75.7 cm³/mol. The van der Waals surface area contributed by atoms with Crippen LogP contribution in [-0.2, 0) is 0 Å². The van der Waals surface area contributed by atoms with E-state index in [1.165, 1.54) is 12.1 Å². The van der Waals surface area contributed by atoms with E-state index >= 15 is 0 Å². The van der Waals surface area contributed by atoms with E-state index in [1.54, 1.807) is 11.0 Å². The van der Waals surface area contributed by atoms with Crippen molar-refractivity contribution in [2.75, 3.05) is 26.7 Å². The summed E-state index contributed by atoms with van der Waals surface area (Å²) in [4.78, 5) is 14.1. The average Bonchev–Trinajstić information content (AvgIpc) is 2.42. The molecule has 1 heterocycles. The zero-order valence-electron chi connectivity index (χ0n) is 11.0. The summed E-state index contributed by atoms with van der Waals surface area (Å²) in [5.41, 5.74) is 0.291. The highest BCUT2D eigenvalue weighted by molar-refractivity contribution is 6.31. The Hall–Kier alpha value is -1.26. The van der Waals surface area contributed by atoms with Crippen molar-refractivity contribution >= 4 is 17.5 Å². The molecule has 0 saturated carbocycles. The molecule has 0 atom stereocenters. The first-order chi connectivity index (χ1) is 9.11. The van der Waals surface area contributed by atoms with E-state index in [9.17, 15) is 9.90 Å². The van der Waals surface area contributed by atoms with Crippen LogP contribution in [0.2, 0.25) is 5.02 Å². The molecule has 19 heavy (non-hydrogen) atoms. The topological polar surface area (TPSA) is 52.6 Å². The second-order valence-electron chi connectivity index (χ2n) is 4.95. The lowest BCUT2D eigenvalue weighted by molar-refractivity contribution is 0.0688. The molecule has 1 saturated heterocycles. The van der Waals surface area contributed by atoms with Crippen LogP contribution in [0.25, 0.3) is 0 Å². The molecule has 104 valence electrons. The van der Waals surface area contributed by atoms with Gasteiger partial charge in [-0.15, -0.1) is 0 Å². The quantitative estimate of drug-likeness (QED) is 0.893. The number of carbonyl (C=O) groups excluding carboxylic acids is 1. The Morgan fingerprint density at radius 3 is 2.79 bits per heavy atom. The molecule has 1 amide bonds. The highest BCUT2D eigenvalue weighted by Crippen LogP contribution is 2.25. The van der Waals surface area contributed by atoms with E-state index in [0.717, 1.165) is 32.5 Å². The molecular weight excluding hydrogens is 264 g/mol. The van der Waals surface area contributed by atoms with Gasteiger partial charge >= 0.3 is 0 Å². The fourth-order valence-corrected chi connectivity index (χ4v) is 2.65. The van der Waals surface area contributed by atoms with Crippen LogP contribution in [-0.4, -0.2) is 42.6 Å². The van der Waals surface area contributed by atoms with Gasteiger partial charge in [0.15, 0.2) is 0 Å². The number of hydrogen-bond donors (Lipinski definition) is 2. The van der Waals surface area contributed by atoms with Crippen LogP contribution < -0.4 is 5.32 Å². The highest BCUT2D eigenvalue weighted by Gasteiger charge is 2.24. The number of carbonyl (C=O) groups is 1. The van der Waals surface area contributed by atoms with Gasteiger partial charge in [0, 0.05) is 18.1 Å². The number of nitrogens with zero attached hydrogens (tertiary/aromatic N) is 1. The van der Waals surface area contributed by atoms with Gasteiger partial charge in [0.2, 0.25) is 0 Å². The Morgan fingerprint density at radius 2 is 2.16 bits per heavy atom. The number of rotatable bonds is 3. The van der Waals surface area contributed by atoms with Crippen LogP contribution in [0.3, 0.4) is 0 Å². The summed E-state index contributed by atoms with van der Waals surface area (Å²) in [7, 11) is 1.95. The largest absolute Gasteiger partial charge is 0.507 e. The van der Waals surface area contributed by atoms with Crippen LogP contribution in [0, 0.1) is 5.92 Å². The molecule has 0 aliphatic carbocycles. The lowest BCUT2D eigenvalue weighted by Crippen LogP contribution is -2.40. The molecule has 2 N–H and O–H groups in total. The lowest BCUT2D eigenvalue weighted by Gasteiger charge is -2.32. The summed E-state index contributed by atoms with van der Waals surface area (Å²) in [6, 6.07) is 4.56. The van der Waals surface area contributed by atoms with Crippen LogP contribution in [0.4, 0.5) is 0 Å². The summed E-state index contributed by atoms with van der Waals surface area (Å²) in [6.07, 6.45) is 1.99. The Labute approximate surface area is 118 Å². The standard InChI is InChI=1S/C14H19ClN2O2/c1-16-9-10-4-6-17(7-5-10)14(19)12-8-11(15)2-3-13(12)18/h2-3,8,10,16,18H,4-7,9H2,1H3. The molecule has 1 aromatic rings. The van der Waals surface area contributed by atoms with E-state index in [1.807, 2.05) is 7.05 Å². The van der Waals surface area contributed by atoms with E-state index in [0.29, 0.717) is 16.5 Å². The summed E-state index contributed by atoms with van der Waals surface area (Å²) >= 11 is 5.87. The van der Waals surface area contributed by atoms with E-state index in [4.69, 9.17) is 11.6 Å². The fourth-order valence-electron chi connectivity index (χ4n) is 2.48. The molecule has 0 spiro atoms. The number of hydrogen-bond acceptors (Lipinski definition) is 3. The summed E-state index contributed by atoms with van der Waals surface area (Å²) in [5.74, 6) is 0.483. The highest BCUT2D eigenvalue weighted by atomic mass is 35.5. The predicted octanol–water partition coefficient (Wildman–Crippen LogP) is 2.12. The molecule has 0 radical (unpaired) electrons. The first-order valence-electron chi connectivity index (χ1n) is 6.54. The first kappa shape index (κ1) is 14.2. The van der Waals surface area contributed by atoms with E-state index in [2.05, 4.69) is 5.32 Å². The van der Waals surface area contributed by atoms with Gasteiger partial charge in [-0.3, -0.25) is 4.79 Å². The number of piperidine rings is 1. The van der Waals surface area contributed by atoms with E-state index in [-0.39, 0.29) is 11.7 Å². The number of likely N-dealkylation sites (tertiary alicyclic amines) is 1. The molecule has 1 fully saturated rings. The minimum absolute atomic E-state index is 0.00764.